The van der Waals surface area contributed by atoms with Crippen molar-refractivity contribution in [2.24, 2.45) is 0 Å². The molecule has 0 atom stereocenters. The maximum atomic E-state index is 12.3. The van der Waals surface area contributed by atoms with E-state index < -0.39 is 30.4 Å². The average molecular weight is 895 g/mol. The first-order chi connectivity index (χ1) is 28.7. The summed E-state index contributed by atoms with van der Waals surface area (Å²) in [5, 5.41) is 0. The molecule has 0 aromatic heterocycles. The van der Waals surface area contributed by atoms with Crippen LogP contribution in [0.1, 0.15) is 33.4 Å². The highest BCUT2D eigenvalue weighted by atomic mass is 32.2. The van der Waals surface area contributed by atoms with E-state index in [1.54, 1.807) is 36.4 Å². The lowest BCUT2D eigenvalue weighted by Gasteiger charge is -2.12. The van der Waals surface area contributed by atoms with E-state index in [9.17, 15) is 25.3 Å². The monoisotopic (exact) mass is 894 g/mol. The van der Waals surface area contributed by atoms with Crippen molar-refractivity contribution in [1.29, 1.82) is 0 Å². The lowest BCUT2D eigenvalue weighted by molar-refractivity contribution is 0.0281. The Kier molecular flexibility index (Phi) is 20.7. The maximum absolute atomic E-state index is 12.3. The number of benzene rings is 4. The fraction of sp³-hybridized carbons (Fsp3) is 0.429. The summed E-state index contributed by atoms with van der Waals surface area (Å²) in [6.07, 6.45) is 0. The van der Waals surface area contributed by atoms with E-state index in [0.717, 1.165) is 33.4 Å². The van der Waals surface area contributed by atoms with Crippen LogP contribution in [0.5, 0.6) is 0 Å². The summed E-state index contributed by atoms with van der Waals surface area (Å²) in [5.41, 5.74) is 5.39. The Morgan fingerprint density at radius 3 is 0.783 bits per heavy atom. The molecule has 330 valence electrons. The molecular formula is C42H54O15S3. The number of aryl methyl sites for hydroxylation is 3. The maximum Gasteiger partial charge on any atom is 0.297 e. The van der Waals surface area contributed by atoms with Crippen molar-refractivity contribution < 1.29 is 66.2 Å². The smallest absolute Gasteiger partial charge is 0.297 e. The van der Waals surface area contributed by atoms with Gasteiger partial charge in [-0.25, -0.2) is 0 Å². The molecule has 4 aromatic carbocycles. The van der Waals surface area contributed by atoms with Gasteiger partial charge in [-0.05, 0) is 73.9 Å². The van der Waals surface area contributed by atoms with Gasteiger partial charge in [0.25, 0.3) is 30.4 Å². The highest BCUT2D eigenvalue weighted by Crippen LogP contribution is 2.17. The summed E-state index contributed by atoms with van der Waals surface area (Å²) in [7, 11) is -11.6. The van der Waals surface area contributed by atoms with E-state index >= 15 is 0 Å². The minimum Gasteiger partial charge on any atom is -0.377 e. The zero-order valence-corrected chi connectivity index (χ0v) is 36.6. The van der Waals surface area contributed by atoms with Crippen LogP contribution in [0, 0.1) is 20.8 Å². The van der Waals surface area contributed by atoms with Crippen LogP contribution in [0.3, 0.4) is 0 Å². The first-order valence-electron chi connectivity index (χ1n) is 19.2. The van der Waals surface area contributed by atoms with Crippen LogP contribution in [0.4, 0.5) is 0 Å². The Labute approximate surface area is 354 Å². The topological polar surface area (TPSA) is 185 Å². The summed E-state index contributed by atoms with van der Waals surface area (Å²) in [6.45, 7) is 7.56. The molecule has 0 amide bonds. The van der Waals surface area contributed by atoms with Gasteiger partial charge in [0.15, 0.2) is 0 Å². The van der Waals surface area contributed by atoms with Gasteiger partial charge >= 0.3 is 0 Å². The molecular weight excluding hydrogens is 841 g/mol. The Morgan fingerprint density at radius 2 is 0.533 bits per heavy atom. The SMILES string of the molecule is Cc1ccc(S(=O)(=O)OCCOCCOCc2cc(COCCOCCOS(=O)(=O)c3ccc(C)cc3)cc(COCCOCCOS(=O)(=O)c3ccc(C)cc3)c2)cc1. The molecule has 0 aliphatic carbocycles. The fourth-order valence-electron chi connectivity index (χ4n) is 5.25. The predicted octanol–water partition coefficient (Wildman–Crippen LogP) is 5.43. The van der Waals surface area contributed by atoms with Gasteiger partial charge in [0.1, 0.15) is 0 Å². The minimum absolute atomic E-state index is 0.0648. The van der Waals surface area contributed by atoms with Crippen LogP contribution in [0.15, 0.2) is 106 Å². The van der Waals surface area contributed by atoms with Crippen molar-refractivity contribution in [3.8, 4) is 0 Å². The normalized spacial score (nSPS) is 12.2. The fourth-order valence-corrected chi connectivity index (χ4v) is 7.92. The molecule has 18 heteroatoms. The van der Waals surface area contributed by atoms with Crippen LogP contribution in [-0.2, 0) is 91.1 Å². The predicted molar refractivity (Wildman–Crippen MR) is 221 cm³/mol. The second-order valence-electron chi connectivity index (χ2n) is 13.4. The van der Waals surface area contributed by atoms with Gasteiger partial charge in [0, 0.05) is 0 Å². The molecule has 0 unspecified atom stereocenters. The van der Waals surface area contributed by atoms with Gasteiger partial charge in [0.05, 0.1) is 114 Å². The molecule has 4 rings (SSSR count). The minimum atomic E-state index is -3.87. The zero-order valence-electron chi connectivity index (χ0n) is 34.1. The summed E-state index contributed by atoms with van der Waals surface area (Å²) in [5.74, 6) is 0. The Balaban J connectivity index is 1.16. The van der Waals surface area contributed by atoms with Crippen molar-refractivity contribution in [2.45, 2.75) is 55.3 Å². The van der Waals surface area contributed by atoms with E-state index in [-0.39, 0.29) is 114 Å². The summed E-state index contributed by atoms with van der Waals surface area (Å²) >= 11 is 0. The molecule has 0 spiro atoms. The third-order valence-corrected chi connectivity index (χ3v) is 12.3. The molecule has 60 heavy (non-hydrogen) atoms. The highest BCUT2D eigenvalue weighted by Gasteiger charge is 2.16. The average Bonchev–Trinajstić information content (AvgIpc) is 3.21. The van der Waals surface area contributed by atoms with E-state index in [4.69, 9.17) is 41.0 Å². The van der Waals surface area contributed by atoms with Crippen LogP contribution >= 0.6 is 0 Å². The molecule has 0 saturated heterocycles. The number of ether oxygens (including phenoxy) is 6. The van der Waals surface area contributed by atoms with Gasteiger partial charge in [-0.1, -0.05) is 71.3 Å². The molecule has 0 aliphatic rings. The van der Waals surface area contributed by atoms with E-state index in [0.29, 0.717) is 0 Å². The second kappa shape index (κ2) is 25.3. The van der Waals surface area contributed by atoms with Crippen LogP contribution in [-0.4, -0.2) is 105 Å². The van der Waals surface area contributed by atoms with Crippen LogP contribution < -0.4 is 0 Å². The van der Waals surface area contributed by atoms with E-state index in [1.165, 1.54) is 36.4 Å². The molecule has 0 fully saturated rings. The van der Waals surface area contributed by atoms with E-state index in [1.807, 2.05) is 39.0 Å². The Hall–Kier alpha value is -3.63. The Bertz CT molecular complexity index is 1930. The Morgan fingerprint density at radius 1 is 0.317 bits per heavy atom. The van der Waals surface area contributed by atoms with Crippen molar-refractivity contribution in [1.82, 2.24) is 0 Å². The largest absolute Gasteiger partial charge is 0.377 e. The van der Waals surface area contributed by atoms with Crippen LogP contribution in [0.2, 0.25) is 0 Å². The molecule has 4 aromatic rings. The standard InChI is InChI=1S/C42H54O15S3/c1-34-4-10-40(11-5-34)58(43,44)55-25-22-49-16-19-52-31-37-28-38(32-53-20-17-50-23-26-56-59(45,46)41-12-6-35(2)7-13-41)30-39(29-37)33-54-21-18-51-24-27-57-60(47,48)42-14-8-36(3)9-15-42/h4-15,28-30H,16-27,31-33H2,1-3H3. The van der Waals surface area contributed by atoms with Gasteiger partial charge in [-0.2, -0.15) is 25.3 Å². The third kappa shape index (κ3) is 18.2. The lowest BCUT2D eigenvalue weighted by Crippen LogP contribution is -2.14. The summed E-state index contributed by atoms with van der Waals surface area (Å²) < 4.78 is 123. The first kappa shape index (κ1) is 49.0. The van der Waals surface area contributed by atoms with Crippen molar-refractivity contribution in [3.05, 3.63) is 124 Å². The number of rotatable bonds is 30. The highest BCUT2D eigenvalue weighted by molar-refractivity contribution is 7.87. The third-order valence-electron chi connectivity index (χ3n) is 8.36. The second-order valence-corrected chi connectivity index (χ2v) is 18.3. The lowest BCUT2D eigenvalue weighted by atomic mass is 10.1. The van der Waals surface area contributed by atoms with Gasteiger partial charge in [0.2, 0.25) is 0 Å². The first-order valence-corrected chi connectivity index (χ1v) is 23.4. The molecule has 0 saturated carbocycles. The van der Waals surface area contributed by atoms with Gasteiger partial charge < -0.3 is 28.4 Å². The van der Waals surface area contributed by atoms with Crippen molar-refractivity contribution >= 4 is 30.4 Å². The van der Waals surface area contributed by atoms with Crippen molar-refractivity contribution in [2.75, 3.05) is 79.3 Å². The van der Waals surface area contributed by atoms with E-state index in [2.05, 4.69) is 0 Å². The van der Waals surface area contributed by atoms with Gasteiger partial charge in [-0.3, -0.25) is 12.5 Å². The van der Waals surface area contributed by atoms with Crippen LogP contribution in [0.25, 0.3) is 0 Å². The van der Waals surface area contributed by atoms with Crippen molar-refractivity contribution in [3.63, 3.8) is 0 Å². The summed E-state index contributed by atoms with van der Waals surface area (Å²) in [4.78, 5) is 0.250. The molecule has 15 nitrogen and oxygen atoms in total. The quantitative estimate of drug-likeness (QED) is 0.0477. The molecule has 0 heterocycles. The summed E-state index contributed by atoms with van der Waals surface area (Å²) in [6, 6.07) is 25.0. The number of hydrogen-bond acceptors (Lipinski definition) is 15. The molecule has 0 bridgehead atoms. The molecule has 0 N–H and O–H groups in total. The molecule has 0 radical (unpaired) electrons. The zero-order chi connectivity index (χ0) is 43.3. The van der Waals surface area contributed by atoms with Gasteiger partial charge in [-0.15, -0.1) is 0 Å². The molecule has 0 aliphatic heterocycles. The number of hydrogen-bond donors (Lipinski definition) is 0.